The lowest BCUT2D eigenvalue weighted by molar-refractivity contribution is -0.154. The topological polar surface area (TPSA) is 108 Å². The minimum absolute atomic E-state index is 0.0124. The molecule has 26 heavy (non-hydrogen) atoms. The van der Waals surface area contributed by atoms with Crippen molar-refractivity contribution < 1.29 is 24.2 Å². The third-order valence-corrected chi connectivity index (χ3v) is 4.25. The van der Waals surface area contributed by atoms with Crippen LogP contribution in [0.3, 0.4) is 0 Å². The van der Waals surface area contributed by atoms with Crippen LogP contribution in [-0.2, 0) is 16.1 Å². The van der Waals surface area contributed by atoms with E-state index in [0.717, 1.165) is 12.0 Å². The first-order chi connectivity index (χ1) is 12.4. The molecule has 0 aliphatic carbocycles. The van der Waals surface area contributed by atoms with Crippen molar-refractivity contribution in [2.75, 3.05) is 19.7 Å². The number of carboxylic acid groups (broad SMARTS) is 1. The zero-order valence-electron chi connectivity index (χ0n) is 15.0. The molecule has 0 radical (unpaired) electrons. The molecule has 142 valence electrons. The summed E-state index contributed by atoms with van der Waals surface area (Å²) in [6.45, 7) is 4.73. The standard InChI is InChI=1S/C18H25N3O5/c1-3-12(2)20-16(22)14-6-4-5-13(9-14)10-19-18(25)21-7-8-26-15(11-21)17(23)24/h4-6,9,12,15H,3,7-8,10-11H2,1-2H3,(H,19,25)(H,20,22)(H,23,24). The summed E-state index contributed by atoms with van der Waals surface area (Å²) in [6.07, 6.45) is -0.152. The summed E-state index contributed by atoms with van der Waals surface area (Å²) >= 11 is 0. The minimum Gasteiger partial charge on any atom is -0.479 e. The largest absolute Gasteiger partial charge is 0.479 e. The third kappa shape index (κ3) is 5.45. The van der Waals surface area contributed by atoms with Crippen LogP contribution in [0.25, 0.3) is 0 Å². The van der Waals surface area contributed by atoms with Gasteiger partial charge in [0.05, 0.1) is 13.2 Å². The number of hydrogen-bond acceptors (Lipinski definition) is 4. The molecule has 0 bridgehead atoms. The number of urea groups is 1. The number of benzene rings is 1. The van der Waals surface area contributed by atoms with Gasteiger partial charge in [0.2, 0.25) is 0 Å². The van der Waals surface area contributed by atoms with Gasteiger partial charge in [0.1, 0.15) is 0 Å². The number of carbonyl (C=O) groups is 3. The van der Waals surface area contributed by atoms with Crippen molar-refractivity contribution in [1.82, 2.24) is 15.5 Å². The fraction of sp³-hybridized carbons (Fsp3) is 0.500. The highest BCUT2D eigenvalue weighted by atomic mass is 16.5. The highest BCUT2D eigenvalue weighted by Crippen LogP contribution is 2.08. The molecule has 0 aromatic heterocycles. The van der Waals surface area contributed by atoms with Crippen LogP contribution in [0.2, 0.25) is 0 Å². The van der Waals surface area contributed by atoms with Gasteiger partial charge in [-0.1, -0.05) is 19.1 Å². The summed E-state index contributed by atoms with van der Waals surface area (Å²) in [5, 5.41) is 14.6. The maximum atomic E-state index is 12.2. The molecule has 2 unspecified atom stereocenters. The normalized spacial score (nSPS) is 18.1. The van der Waals surface area contributed by atoms with Crippen molar-refractivity contribution in [2.24, 2.45) is 0 Å². The lowest BCUT2D eigenvalue weighted by Gasteiger charge is -2.30. The Morgan fingerprint density at radius 3 is 2.85 bits per heavy atom. The van der Waals surface area contributed by atoms with E-state index < -0.39 is 12.1 Å². The number of hydrogen-bond donors (Lipinski definition) is 3. The molecule has 3 amide bonds. The Morgan fingerprint density at radius 2 is 2.15 bits per heavy atom. The van der Waals surface area contributed by atoms with Crippen molar-refractivity contribution in [2.45, 2.75) is 39.0 Å². The molecule has 1 saturated heterocycles. The second-order valence-corrected chi connectivity index (χ2v) is 6.29. The smallest absolute Gasteiger partial charge is 0.334 e. The van der Waals surface area contributed by atoms with E-state index in [9.17, 15) is 14.4 Å². The van der Waals surface area contributed by atoms with Crippen LogP contribution in [0.1, 0.15) is 36.2 Å². The van der Waals surface area contributed by atoms with Gasteiger partial charge in [0.15, 0.2) is 6.10 Å². The van der Waals surface area contributed by atoms with Crippen LogP contribution in [0.4, 0.5) is 4.79 Å². The Kier molecular flexibility index (Phi) is 6.97. The van der Waals surface area contributed by atoms with E-state index in [2.05, 4.69) is 10.6 Å². The summed E-state index contributed by atoms with van der Waals surface area (Å²) in [5.74, 6) is -1.23. The number of nitrogens with one attached hydrogen (secondary N) is 2. The first kappa shape index (κ1) is 19.7. The van der Waals surface area contributed by atoms with Crippen LogP contribution >= 0.6 is 0 Å². The summed E-state index contributed by atoms with van der Waals surface area (Å²) in [4.78, 5) is 36.8. The molecule has 1 aromatic rings. The molecule has 0 spiro atoms. The van der Waals surface area contributed by atoms with E-state index in [0.29, 0.717) is 12.1 Å². The second kappa shape index (κ2) is 9.19. The van der Waals surface area contributed by atoms with Gasteiger partial charge < -0.3 is 25.4 Å². The predicted molar refractivity (Wildman–Crippen MR) is 94.8 cm³/mol. The molecule has 1 aliphatic heterocycles. The molecule has 8 heteroatoms. The molecule has 1 aliphatic rings. The first-order valence-corrected chi connectivity index (χ1v) is 8.67. The van der Waals surface area contributed by atoms with Crippen molar-refractivity contribution >= 4 is 17.9 Å². The van der Waals surface area contributed by atoms with Gasteiger partial charge >= 0.3 is 12.0 Å². The number of carboxylic acids is 1. The van der Waals surface area contributed by atoms with Gasteiger partial charge in [-0.05, 0) is 31.0 Å². The van der Waals surface area contributed by atoms with E-state index >= 15 is 0 Å². The van der Waals surface area contributed by atoms with Crippen molar-refractivity contribution in [3.63, 3.8) is 0 Å². The monoisotopic (exact) mass is 363 g/mol. The van der Waals surface area contributed by atoms with E-state index in [-0.39, 0.29) is 37.7 Å². The minimum atomic E-state index is -1.08. The molecular formula is C18H25N3O5. The highest BCUT2D eigenvalue weighted by Gasteiger charge is 2.28. The second-order valence-electron chi connectivity index (χ2n) is 6.29. The van der Waals surface area contributed by atoms with Gasteiger partial charge in [-0.2, -0.15) is 0 Å². The maximum absolute atomic E-state index is 12.2. The summed E-state index contributed by atoms with van der Waals surface area (Å²) in [7, 11) is 0. The average molecular weight is 363 g/mol. The molecular weight excluding hydrogens is 338 g/mol. The van der Waals surface area contributed by atoms with Crippen LogP contribution in [0, 0.1) is 0 Å². The Morgan fingerprint density at radius 1 is 1.38 bits per heavy atom. The van der Waals surface area contributed by atoms with Crippen LogP contribution < -0.4 is 10.6 Å². The van der Waals surface area contributed by atoms with Crippen LogP contribution in [0.5, 0.6) is 0 Å². The van der Waals surface area contributed by atoms with Gasteiger partial charge in [-0.25, -0.2) is 9.59 Å². The van der Waals surface area contributed by atoms with Crippen molar-refractivity contribution in [1.29, 1.82) is 0 Å². The molecule has 1 heterocycles. The Labute approximate surface area is 152 Å². The average Bonchev–Trinajstić information content (AvgIpc) is 2.66. The van der Waals surface area contributed by atoms with E-state index in [1.165, 1.54) is 4.90 Å². The van der Waals surface area contributed by atoms with E-state index in [1.54, 1.807) is 18.2 Å². The number of rotatable bonds is 6. The molecule has 2 atom stereocenters. The fourth-order valence-corrected chi connectivity index (χ4v) is 2.50. The quantitative estimate of drug-likeness (QED) is 0.704. The van der Waals surface area contributed by atoms with Gasteiger partial charge in [-0.15, -0.1) is 0 Å². The summed E-state index contributed by atoms with van der Waals surface area (Å²) in [5.41, 5.74) is 1.33. The van der Waals surface area contributed by atoms with Crippen LogP contribution in [0.15, 0.2) is 24.3 Å². The zero-order valence-corrected chi connectivity index (χ0v) is 15.0. The Hall–Kier alpha value is -2.61. The molecule has 1 fully saturated rings. The van der Waals surface area contributed by atoms with E-state index in [1.807, 2.05) is 19.9 Å². The third-order valence-electron chi connectivity index (χ3n) is 4.25. The lowest BCUT2D eigenvalue weighted by atomic mass is 10.1. The molecule has 0 saturated carbocycles. The van der Waals surface area contributed by atoms with Gasteiger partial charge in [-0.3, -0.25) is 4.79 Å². The fourth-order valence-electron chi connectivity index (χ4n) is 2.50. The molecule has 1 aromatic carbocycles. The Bertz CT molecular complexity index is 664. The summed E-state index contributed by atoms with van der Waals surface area (Å²) < 4.78 is 5.10. The SMILES string of the molecule is CCC(C)NC(=O)c1cccc(CNC(=O)N2CCOC(C(=O)O)C2)c1. The van der Waals surface area contributed by atoms with E-state index in [4.69, 9.17) is 9.84 Å². The lowest BCUT2D eigenvalue weighted by Crippen LogP contribution is -2.51. The van der Waals surface area contributed by atoms with Gasteiger partial charge in [0.25, 0.3) is 5.91 Å². The Balaban J connectivity index is 1.91. The predicted octanol–water partition coefficient (Wildman–Crippen LogP) is 1.21. The highest BCUT2D eigenvalue weighted by molar-refractivity contribution is 5.94. The molecule has 8 nitrogen and oxygen atoms in total. The number of ether oxygens (including phenoxy) is 1. The molecule has 2 rings (SSSR count). The number of carbonyl (C=O) groups excluding carboxylic acids is 2. The maximum Gasteiger partial charge on any atom is 0.334 e. The number of aliphatic carboxylic acids is 1. The first-order valence-electron chi connectivity index (χ1n) is 8.67. The number of amides is 3. The van der Waals surface area contributed by atoms with Crippen LogP contribution in [-0.4, -0.2) is 59.8 Å². The number of nitrogens with zero attached hydrogens (tertiary/aromatic N) is 1. The molecule has 3 N–H and O–H groups in total. The van der Waals surface area contributed by atoms with Crippen molar-refractivity contribution in [3.8, 4) is 0 Å². The van der Waals surface area contributed by atoms with Crippen molar-refractivity contribution in [3.05, 3.63) is 35.4 Å². The summed E-state index contributed by atoms with van der Waals surface area (Å²) in [6, 6.07) is 6.78. The van der Waals surface area contributed by atoms with Gasteiger partial charge in [0, 0.05) is 24.7 Å². The zero-order chi connectivity index (χ0) is 19.1. The number of morpholine rings is 1.